The number of carboxylic acids is 1. The van der Waals surface area contributed by atoms with Gasteiger partial charge in [-0.15, -0.1) is 0 Å². The molecule has 0 atom stereocenters. The van der Waals surface area contributed by atoms with Crippen molar-refractivity contribution in [3.63, 3.8) is 0 Å². The maximum atomic E-state index is 12.2. The van der Waals surface area contributed by atoms with E-state index in [2.05, 4.69) is 10.5 Å². The van der Waals surface area contributed by atoms with Gasteiger partial charge in [-0.25, -0.2) is 10.2 Å². The summed E-state index contributed by atoms with van der Waals surface area (Å²) in [4.78, 5) is 22.7. The zero-order chi connectivity index (χ0) is 19.9. The predicted octanol–water partition coefficient (Wildman–Crippen LogP) is 3.06. The number of hydrogen-bond acceptors (Lipinski definition) is 6. The Balaban J connectivity index is 1.60. The zero-order valence-electron chi connectivity index (χ0n) is 15.0. The molecule has 8 heteroatoms. The summed E-state index contributed by atoms with van der Waals surface area (Å²) < 4.78 is 16.0. The summed E-state index contributed by atoms with van der Waals surface area (Å²) in [5.41, 5.74) is 3.68. The van der Waals surface area contributed by atoms with E-state index in [0.29, 0.717) is 29.3 Å². The van der Waals surface area contributed by atoms with Crippen LogP contribution in [0.3, 0.4) is 0 Å². The standard InChI is InChI=1S/C20H18N2O6/c1-2-26-16-7-8-17-14(9-16)10-18(28-17)20(25)22-21-11-13-3-5-15(6-4-13)27-12-19(23)24/h3-11H,2,12H2,1H3,(H,22,25)(H,23,24)/b21-11+. The fourth-order valence-electron chi connectivity index (χ4n) is 2.41. The van der Waals surface area contributed by atoms with Crippen molar-refractivity contribution in [2.24, 2.45) is 5.10 Å². The smallest absolute Gasteiger partial charge is 0.341 e. The lowest BCUT2D eigenvalue weighted by Crippen LogP contribution is -2.16. The zero-order valence-corrected chi connectivity index (χ0v) is 15.0. The highest BCUT2D eigenvalue weighted by Gasteiger charge is 2.12. The van der Waals surface area contributed by atoms with Crippen molar-refractivity contribution in [1.29, 1.82) is 0 Å². The topological polar surface area (TPSA) is 110 Å². The molecule has 144 valence electrons. The lowest BCUT2D eigenvalue weighted by molar-refractivity contribution is -0.139. The molecule has 0 fully saturated rings. The molecule has 1 aromatic heterocycles. The van der Waals surface area contributed by atoms with Crippen molar-refractivity contribution < 1.29 is 28.6 Å². The van der Waals surface area contributed by atoms with Gasteiger partial charge in [-0.2, -0.15) is 5.10 Å². The van der Waals surface area contributed by atoms with Crippen LogP contribution in [-0.4, -0.2) is 36.4 Å². The Morgan fingerprint density at radius 2 is 1.86 bits per heavy atom. The first-order chi connectivity index (χ1) is 13.5. The van der Waals surface area contributed by atoms with Gasteiger partial charge in [0.25, 0.3) is 0 Å². The number of nitrogens with one attached hydrogen (secondary N) is 1. The monoisotopic (exact) mass is 382 g/mol. The summed E-state index contributed by atoms with van der Waals surface area (Å²) in [5.74, 6) is -0.257. The molecule has 3 rings (SSSR count). The van der Waals surface area contributed by atoms with Crippen LogP contribution in [0, 0.1) is 0 Å². The molecule has 0 spiro atoms. The first kappa shape index (κ1) is 19.0. The maximum Gasteiger partial charge on any atom is 0.341 e. The maximum absolute atomic E-state index is 12.2. The van der Waals surface area contributed by atoms with Gasteiger partial charge in [-0.1, -0.05) is 0 Å². The van der Waals surface area contributed by atoms with Crippen LogP contribution < -0.4 is 14.9 Å². The van der Waals surface area contributed by atoms with Crippen molar-refractivity contribution in [2.45, 2.75) is 6.92 Å². The SMILES string of the molecule is CCOc1ccc2oc(C(=O)N/N=C/c3ccc(OCC(=O)O)cc3)cc2c1. The van der Waals surface area contributed by atoms with Gasteiger partial charge in [-0.3, -0.25) is 4.79 Å². The van der Waals surface area contributed by atoms with Crippen LogP contribution in [0.5, 0.6) is 11.5 Å². The molecular formula is C20H18N2O6. The minimum absolute atomic E-state index is 0.137. The first-order valence-corrected chi connectivity index (χ1v) is 8.49. The van der Waals surface area contributed by atoms with Crippen LogP contribution in [0.25, 0.3) is 11.0 Å². The second-order valence-corrected chi connectivity index (χ2v) is 5.69. The summed E-state index contributed by atoms with van der Waals surface area (Å²) in [6, 6.07) is 13.5. The molecule has 1 amide bonds. The number of carbonyl (C=O) groups is 2. The van der Waals surface area contributed by atoms with Crippen LogP contribution in [-0.2, 0) is 4.79 Å². The van der Waals surface area contributed by atoms with E-state index in [1.165, 1.54) is 6.21 Å². The van der Waals surface area contributed by atoms with Crippen LogP contribution in [0.4, 0.5) is 0 Å². The molecule has 1 heterocycles. The number of fused-ring (bicyclic) bond motifs is 1. The van der Waals surface area contributed by atoms with E-state index < -0.39 is 18.5 Å². The van der Waals surface area contributed by atoms with E-state index in [9.17, 15) is 9.59 Å². The molecule has 0 aliphatic carbocycles. The van der Waals surface area contributed by atoms with E-state index >= 15 is 0 Å². The van der Waals surface area contributed by atoms with Gasteiger partial charge >= 0.3 is 11.9 Å². The fraction of sp³-hybridized carbons (Fsp3) is 0.150. The van der Waals surface area contributed by atoms with Crippen molar-refractivity contribution in [3.05, 3.63) is 59.9 Å². The molecule has 8 nitrogen and oxygen atoms in total. The quantitative estimate of drug-likeness (QED) is 0.458. The van der Waals surface area contributed by atoms with Crippen LogP contribution >= 0.6 is 0 Å². The molecular weight excluding hydrogens is 364 g/mol. The summed E-state index contributed by atoms with van der Waals surface area (Å²) in [7, 11) is 0. The number of benzene rings is 2. The van der Waals surface area contributed by atoms with Gasteiger partial charge in [0.15, 0.2) is 12.4 Å². The molecule has 0 saturated carbocycles. The molecule has 2 N–H and O–H groups in total. The number of carboxylic acid groups (broad SMARTS) is 1. The van der Waals surface area contributed by atoms with E-state index in [4.69, 9.17) is 19.0 Å². The number of hydrogen-bond donors (Lipinski definition) is 2. The predicted molar refractivity (Wildman–Crippen MR) is 102 cm³/mol. The van der Waals surface area contributed by atoms with Crippen molar-refractivity contribution >= 4 is 29.1 Å². The van der Waals surface area contributed by atoms with Crippen molar-refractivity contribution in [1.82, 2.24) is 5.43 Å². The number of hydrazone groups is 1. The molecule has 0 aliphatic heterocycles. The molecule has 0 radical (unpaired) electrons. The summed E-state index contributed by atoms with van der Waals surface area (Å²) in [6.45, 7) is 2.04. The van der Waals surface area contributed by atoms with Gasteiger partial charge < -0.3 is 19.0 Å². The Bertz CT molecular complexity index is 1010. The number of carbonyl (C=O) groups excluding carboxylic acids is 1. The Kier molecular flexibility index (Phi) is 5.91. The third-order valence-electron chi connectivity index (χ3n) is 3.64. The molecule has 0 aliphatic rings. The van der Waals surface area contributed by atoms with Gasteiger partial charge in [0.2, 0.25) is 0 Å². The van der Waals surface area contributed by atoms with Gasteiger partial charge in [-0.05, 0) is 61.0 Å². The van der Waals surface area contributed by atoms with Crippen molar-refractivity contribution in [3.8, 4) is 11.5 Å². The first-order valence-electron chi connectivity index (χ1n) is 8.49. The van der Waals surface area contributed by atoms with E-state index in [0.717, 1.165) is 5.39 Å². The van der Waals surface area contributed by atoms with E-state index in [-0.39, 0.29) is 5.76 Å². The average Bonchev–Trinajstić information content (AvgIpc) is 3.11. The highest BCUT2D eigenvalue weighted by atomic mass is 16.5. The number of aliphatic carboxylic acids is 1. The lowest BCUT2D eigenvalue weighted by atomic mass is 10.2. The number of nitrogens with zero attached hydrogens (tertiary/aromatic N) is 1. The lowest BCUT2D eigenvalue weighted by Gasteiger charge is -2.02. The average molecular weight is 382 g/mol. The number of furan rings is 1. The number of amides is 1. The molecule has 0 saturated heterocycles. The second-order valence-electron chi connectivity index (χ2n) is 5.69. The normalized spacial score (nSPS) is 10.9. The third-order valence-corrected chi connectivity index (χ3v) is 3.64. The Labute approximate surface area is 160 Å². The Morgan fingerprint density at radius 1 is 1.11 bits per heavy atom. The van der Waals surface area contributed by atoms with Gasteiger partial charge in [0.1, 0.15) is 17.1 Å². The van der Waals surface area contributed by atoms with Gasteiger partial charge in [0, 0.05) is 5.39 Å². The highest BCUT2D eigenvalue weighted by Crippen LogP contribution is 2.24. The molecule has 3 aromatic rings. The van der Waals surface area contributed by atoms with Crippen molar-refractivity contribution in [2.75, 3.05) is 13.2 Å². The van der Waals surface area contributed by atoms with Gasteiger partial charge in [0.05, 0.1) is 12.8 Å². The van der Waals surface area contributed by atoms with E-state index in [1.54, 1.807) is 48.5 Å². The molecule has 0 unspecified atom stereocenters. The molecule has 28 heavy (non-hydrogen) atoms. The number of rotatable bonds is 8. The summed E-state index contributed by atoms with van der Waals surface area (Å²) in [5, 5.41) is 13.2. The minimum atomic E-state index is -1.05. The van der Waals surface area contributed by atoms with E-state index in [1.807, 2.05) is 6.92 Å². The third kappa shape index (κ3) is 4.88. The van der Waals surface area contributed by atoms with Crippen LogP contribution in [0.1, 0.15) is 23.0 Å². The second kappa shape index (κ2) is 8.72. The minimum Gasteiger partial charge on any atom is -0.494 e. The Hall–Kier alpha value is -3.81. The molecule has 0 bridgehead atoms. The Morgan fingerprint density at radius 3 is 2.57 bits per heavy atom. The largest absolute Gasteiger partial charge is 0.494 e. The fourth-order valence-corrected chi connectivity index (χ4v) is 2.41. The van der Waals surface area contributed by atoms with Crippen LogP contribution in [0.2, 0.25) is 0 Å². The number of ether oxygens (including phenoxy) is 2. The molecule has 2 aromatic carbocycles. The summed E-state index contributed by atoms with van der Waals surface area (Å²) >= 11 is 0. The summed E-state index contributed by atoms with van der Waals surface area (Å²) in [6.07, 6.45) is 1.45. The van der Waals surface area contributed by atoms with Crippen LogP contribution in [0.15, 0.2) is 58.0 Å². The highest BCUT2D eigenvalue weighted by molar-refractivity contribution is 5.96.